The number of sulfonamides is 1. The van der Waals surface area contributed by atoms with E-state index >= 15 is 0 Å². The first-order valence-corrected chi connectivity index (χ1v) is 13.2. The van der Waals surface area contributed by atoms with Crippen LogP contribution in [0.1, 0.15) is 30.0 Å². The Morgan fingerprint density at radius 1 is 1.06 bits per heavy atom. The van der Waals surface area contributed by atoms with E-state index in [9.17, 15) is 13.2 Å². The molecule has 9 heteroatoms. The minimum Gasteiger partial charge on any atom is -0.494 e. The van der Waals surface area contributed by atoms with E-state index < -0.39 is 10.0 Å². The first kappa shape index (κ1) is 24.7. The molecule has 0 fully saturated rings. The van der Waals surface area contributed by atoms with Crippen LogP contribution >= 0.6 is 0 Å². The second-order valence-electron chi connectivity index (χ2n) is 8.29. The standard InChI is InChI=1S/C26H30N4O4S/c1-2-34-23-8-10-24(11-9-23)35(32,33)29-15-13-26(31)28-18-20-7-12-25(27-17-20)30-16-14-21-5-3-4-6-22(21)19-30/h3-12,17,29H,2,13-16,18-19H2,1H3,(H,28,31). The van der Waals surface area contributed by atoms with Crippen LogP contribution in [0.2, 0.25) is 0 Å². The van der Waals surface area contributed by atoms with Crippen LogP contribution in [0, 0.1) is 0 Å². The summed E-state index contributed by atoms with van der Waals surface area (Å²) in [6, 6.07) is 18.6. The van der Waals surface area contributed by atoms with Crippen molar-refractivity contribution in [1.29, 1.82) is 0 Å². The second kappa shape index (κ2) is 11.3. The molecule has 184 valence electrons. The van der Waals surface area contributed by atoms with Gasteiger partial charge < -0.3 is 15.0 Å². The minimum absolute atomic E-state index is 0.00893. The highest BCUT2D eigenvalue weighted by Gasteiger charge is 2.17. The van der Waals surface area contributed by atoms with Crippen LogP contribution in [0.5, 0.6) is 5.75 Å². The first-order valence-electron chi connectivity index (χ1n) is 11.7. The zero-order valence-electron chi connectivity index (χ0n) is 19.7. The summed E-state index contributed by atoms with van der Waals surface area (Å²) in [5, 5.41) is 2.81. The first-order chi connectivity index (χ1) is 16.9. The molecule has 4 rings (SSSR count). The van der Waals surface area contributed by atoms with Gasteiger partial charge in [0, 0.05) is 38.8 Å². The molecule has 0 unspecified atom stereocenters. The molecular formula is C26H30N4O4S. The lowest BCUT2D eigenvalue weighted by atomic mass is 10.00. The Morgan fingerprint density at radius 3 is 2.54 bits per heavy atom. The average Bonchev–Trinajstić information content (AvgIpc) is 2.88. The molecule has 1 aliphatic rings. The fourth-order valence-corrected chi connectivity index (χ4v) is 4.98. The van der Waals surface area contributed by atoms with Gasteiger partial charge in [0.1, 0.15) is 11.6 Å². The third-order valence-corrected chi connectivity index (χ3v) is 7.32. The number of hydrogen-bond donors (Lipinski definition) is 2. The molecule has 0 spiro atoms. The van der Waals surface area contributed by atoms with Crippen molar-refractivity contribution in [3.63, 3.8) is 0 Å². The zero-order valence-corrected chi connectivity index (χ0v) is 20.6. The van der Waals surface area contributed by atoms with Crippen LogP contribution < -0.4 is 19.7 Å². The Bertz CT molecular complexity index is 1250. The molecule has 2 aromatic carbocycles. The molecule has 0 aliphatic carbocycles. The molecule has 0 radical (unpaired) electrons. The van der Waals surface area contributed by atoms with Crippen LogP contribution in [0.3, 0.4) is 0 Å². The number of ether oxygens (including phenoxy) is 1. The van der Waals surface area contributed by atoms with Crippen molar-refractivity contribution in [2.24, 2.45) is 0 Å². The summed E-state index contributed by atoms with van der Waals surface area (Å²) in [7, 11) is -3.69. The van der Waals surface area contributed by atoms with E-state index in [0.717, 1.165) is 30.9 Å². The van der Waals surface area contributed by atoms with Gasteiger partial charge in [0.25, 0.3) is 0 Å². The van der Waals surface area contributed by atoms with Crippen LogP contribution in [0.25, 0.3) is 0 Å². The van der Waals surface area contributed by atoms with E-state index in [0.29, 0.717) is 18.9 Å². The smallest absolute Gasteiger partial charge is 0.240 e. The van der Waals surface area contributed by atoms with Gasteiger partial charge in [-0.05, 0) is 60.4 Å². The molecule has 2 N–H and O–H groups in total. The Morgan fingerprint density at radius 2 is 1.83 bits per heavy atom. The van der Waals surface area contributed by atoms with E-state index in [2.05, 4.69) is 44.2 Å². The van der Waals surface area contributed by atoms with Gasteiger partial charge in [-0.25, -0.2) is 18.1 Å². The monoisotopic (exact) mass is 494 g/mol. The maximum absolute atomic E-state index is 12.4. The van der Waals surface area contributed by atoms with Gasteiger partial charge in [0.15, 0.2) is 0 Å². The van der Waals surface area contributed by atoms with E-state index in [-0.39, 0.29) is 23.8 Å². The van der Waals surface area contributed by atoms with Crippen LogP contribution in [-0.4, -0.2) is 39.0 Å². The van der Waals surface area contributed by atoms with E-state index in [1.54, 1.807) is 18.3 Å². The Kier molecular flexibility index (Phi) is 7.99. The van der Waals surface area contributed by atoms with Crippen LogP contribution in [-0.2, 0) is 34.3 Å². The summed E-state index contributed by atoms with van der Waals surface area (Å²) in [5.41, 5.74) is 3.61. The van der Waals surface area contributed by atoms with E-state index in [1.165, 1.54) is 23.3 Å². The number of carbonyl (C=O) groups excluding carboxylic acids is 1. The van der Waals surface area contributed by atoms with Gasteiger partial charge in [-0.1, -0.05) is 30.3 Å². The third kappa shape index (κ3) is 6.58. The molecule has 0 saturated carbocycles. The molecule has 3 aromatic rings. The Hall–Kier alpha value is -3.43. The molecular weight excluding hydrogens is 464 g/mol. The summed E-state index contributed by atoms with van der Waals surface area (Å²) in [4.78, 5) is 19.1. The SMILES string of the molecule is CCOc1ccc(S(=O)(=O)NCCC(=O)NCc2ccc(N3CCc4ccccc4C3)nc2)cc1. The zero-order chi connectivity index (χ0) is 24.7. The Labute approximate surface area is 206 Å². The molecule has 0 saturated heterocycles. The lowest BCUT2D eigenvalue weighted by Gasteiger charge is -2.29. The fraction of sp³-hybridized carbons (Fsp3) is 0.308. The van der Waals surface area contributed by atoms with Crippen molar-refractivity contribution in [1.82, 2.24) is 15.0 Å². The maximum Gasteiger partial charge on any atom is 0.240 e. The average molecular weight is 495 g/mol. The number of amides is 1. The highest BCUT2D eigenvalue weighted by Crippen LogP contribution is 2.23. The van der Waals surface area contributed by atoms with Crippen molar-refractivity contribution in [3.8, 4) is 5.75 Å². The highest BCUT2D eigenvalue weighted by atomic mass is 32.2. The van der Waals surface area contributed by atoms with Crippen LogP contribution in [0.4, 0.5) is 5.82 Å². The summed E-state index contributed by atoms with van der Waals surface area (Å²) >= 11 is 0. The molecule has 1 amide bonds. The maximum atomic E-state index is 12.4. The summed E-state index contributed by atoms with van der Waals surface area (Å²) in [6.07, 6.45) is 2.80. The summed E-state index contributed by atoms with van der Waals surface area (Å²) in [5.74, 6) is 1.28. The third-order valence-electron chi connectivity index (χ3n) is 5.84. The van der Waals surface area contributed by atoms with Gasteiger partial charge in [0.2, 0.25) is 15.9 Å². The lowest BCUT2D eigenvalue weighted by Crippen LogP contribution is -2.31. The molecule has 0 atom stereocenters. The summed E-state index contributed by atoms with van der Waals surface area (Å²) < 4.78 is 32.6. The number of hydrogen-bond acceptors (Lipinski definition) is 6. The van der Waals surface area contributed by atoms with Crippen molar-refractivity contribution in [2.45, 2.75) is 37.8 Å². The molecule has 8 nitrogen and oxygen atoms in total. The number of nitrogens with zero attached hydrogens (tertiary/aromatic N) is 2. The number of aromatic nitrogens is 1. The largest absolute Gasteiger partial charge is 0.494 e. The number of rotatable bonds is 10. The normalized spacial score (nSPS) is 13.2. The number of fused-ring (bicyclic) bond motifs is 1. The lowest BCUT2D eigenvalue weighted by molar-refractivity contribution is -0.121. The van der Waals surface area contributed by atoms with Gasteiger partial charge in [-0.2, -0.15) is 0 Å². The Balaban J connectivity index is 1.21. The molecule has 35 heavy (non-hydrogen) atoms. The molecule has 1 aliphatic heterocycles. The second-order valence-corrected chi connectivity index (χ2v) is 10.1. The number of anilines is 1. The topological polar surface area (TPSA) is 101 Å². The minimum atomic E-state index is -3.69. The van der Waals surface area contributed by atoms with Crippen molar-refractivity contribution in [3.05, 3.63) is 83.6 Å². The van der Waals surface area contributed by atoms with Gasteiger partial charge in [-0.15, -0.1) is 0 Å². The quantitative estimate of drug-likeness (QED) is 0.449. The van der Waals surface area contributed by atoms with Crippen molar-refractivity contribution in [2.75, 3.05) is 24.6 Å². The van der Waals surface area contributed by atoms with Gasteiger partial charge in [0.05, 0.1) is 11.5 Å². The van der Waals surface area contributed by atoms with E-state index in [4.69, 9.17) is 4.74 Å². The molecule has 2 heterocycles. The van der Waals surface area contributed by atoms with Gasteiger partial charge in [-0.3, -0.25) is 4.79 Å². The molecule has 1 aromatic heterocycles. The summed E-state index contributed by atoms with van der Waals surface area (Å²) in [6.45, 7) is 4.47. The van der Waals surface area contributed by atoms with E-state index in [1.807, 2.05) is 19.1 Å². The highest BCUT2D eigenvalue weighted by molar-refractivity contribution is 7.89. The van der Waals surface area contributed by atoms with Crippen molar-refractivity contribution >= 4 is 21.7 Å². The predicted molar refractivity (Wildman–Crippen MR) is 135 cm³/mol. The fourth-order valence-electron chi connectivity index (χ4n) is 3.95. The number of nitrogens with one attached hydrogen (secondary N) is 2. The van der Waals surface area contributed by atoms with Crippen molar-refractivity contribution < 1.29 is 17.9 Å². The number of carbonyl (C=O) groups is 1. The van der Waals surface area contributed by atoms with Gasteiger partial charge >= 0.3 is 0 Å². The van der Waals surface area contributed by atoms with Crippen LogP contribution in [0.15, 0.2) is 71.8 Å². The molecule has 0 bridgehead atoms. The number of benzene rings is 2. The number of pyridine rings is 1. The predicted octanol–water partition coefficient (Wildman–Crippen LogP) is 3.03.